The smallest absolute Gasteiger partial charge is 0.340 e. The Bertz CT molecular complexity index is 403. The van der Waals surface area contributed by atoms with Gasteiger partial charge in [0.2, 0.25) is 5.75 Å². The van der Waals surface area contributed by atoms with Gasteiger partial charge >= 0.3 is 12.3 Å². The number of rotatable bonds is 6. The summed E-state index contributed by atoms with van der Waals surface area (Å²) >= 11 is 0. The molecule has 0 saturated carbocycles. The van der Waals surface area contributed by atoms with Crippen molar-refractivity contribution in [3.05, 3.63) is 6.33 Å². The number of ether oxygens (including phenoxy) is 2. The summed E-state index contributed by atoms with van der Waals surface area (Å²) in [5.74, 6) is -4.43. The van der Waals surface area contributed by atoms with E-state index in [9.17, 15) is 17.6 Å². The molecular formula is C9H11F4N3O2. The second-order valence-electron chi connectivity index (χ2n) is 3.16. The molecule has 1 heterocycles. The molecule has 0 atom stereocenters. The molecule has 0 radical (unpaired) electrons. The summed E-state index contributed by atoms with van der Waals surface area (Å²) in [6.45, 7) is -1.50. The molecule has 1 aromatic rings. The molecule has 0 unspecified atom stereocenters. The van der Waals surface area contributed by atoms with Crippen molar-refractivity contribution in [1.29, 1.82) is 0 Å². The zero-order valence-corrected chi connectivity index (χ0v) is 9.58. The first-order chi connectivity index (χ1) is 8.42. The van der Waals surface area contributed by atoms with Crippen LogP contribution in [-0.2, 0) is 0 Å². The van der Waals surface area contributed by atoms with Crippen LogP contribution in [0.4, 0.5) is 23.4 Å². The maximum Gasteiger partial charge on any atom is 0.340 e. The van der Waals surface area contributed by atoms with Crippen molar-refractivity contribution in [3.8, 4) is 11.6 Å². The minimum absolute atomic E-state index is 0.0370. The Balaban J connectivity index is 2.85. The van der Waals surface area contributed by atoms with Gasteiger partial charge in [-0.1, -0.05) is 0 Å². The van der Waals surface area contributed by atoms with Gasteiger partial charge in [0.25, 0.3) is 5.88 Å². The molecule has 18 heavy (non-hydrogen) atoms. The summed E-state index contributed by atoms with van der Waals surface area (Å²) in [5.41, 5.74) is 0. The Hall–Kier alpha value is -1.80. The van der Waals surface area contributed by atoms with Crippen LogP contribution in [0.3, 0.4) is 0 Å². The number of nitrogens with one attached hydrogen (secondary N) is 1. The molecule has 0 aromatic carbocycles. The van der Waals surface area contributed by atoms with Gasteiger partial charge in [0.05, 0.1) is 7.11 Å². The molecular weight excluding hydrogens is 258 g/mol. The van der Waals surface area contributed by atoms with Gasteiger partial charge in [0.1, 0.15) is 6.33 Å². The molecule has 5 nitrogen and oxygen atoms in total. The van der Waals surface area contributed by atoms with Crippen molar-refractivity contribution in [1.82, 2.24) is 9.97 Å². The third-order valence-electron chi connectivity index (χ3n) is 1.93. The maximum absolute atomic E-state index is 12.7. The first kappa shape index (κ1) is 14.3. The van der Waals surface area contributed by atoms with Crippen molar-refractivity contribution in [3.63, 3.8) is 0 Å². The van der Waals surface area contributed by atoms with Gasteiger partial charge in [-0.2, -0.15) is 13.8 Å². The number of hydrogen-bond acceptors (Lipinski definition) is 5. The molecule has 0 amide bonds. The van der Waals surface area contributed by atoms with Crippen molar-refractivity contribution >= 4 is 5.82 Å². The molecule has 0 aliphatic heterocycles. The van der Waals surface area contributed by atoms with Crippen LogP contribution in [0.1, 0.15) is 0 Å². The summed E-state index contributed by atoms with van der Waals surface area (Å²) in [6.07, 6.45) is -2.78. The van der Waals surface area contributed by atoms with Crippen molar-refractivity contribution in [2.45, 2.75) is 12.3 Å². The number of hydrogen-bond donors (Lipinski definition) is 1. The molecule has 1 N–H and O–H groups in total. The largest absolute Gasteiger partial charge is 0.489 e. The van der Waals surface area contributed by atoms with Crippen LogP contribution < -0.4 is 14.8 Å². The predicted molar refractivity (Wildman–Crippen MR) is 54.6 cm³/mol. The standard InChI is InChI=1S/C9H11F4N3O2/c1-14-6-5(17-2)7(16-4-15-6)18-3-9(12,13)8(10)11/h4,8H,3H2,1-2H3,(H,14,15,16). The van der Waals surface area contributed by atoms with E-state index in [-0.39, 0.29) is 17.4 Å². The molecule has 0 fully saturated rings. The Morgan fingerprint density at radius 1 is 1.39 bits per heavy atom. The van der Waals surface area contributed by atoms with E-state index in [1.54, 1.807) is 0 Å². The Kier molecular flexibility index (Phi) is 4.51. The zero-order chi connectivity index (χ0) is 13.8. The van der Waals surface area contributed by atoms with Crippen molar-refractivity contribution < 1.29 is 27.0 Å². The van der Waals surface area contributed by atoms with E-state index in [2.05, 4.69) is 20.0 Å². The van der Waals surface area contributed by atoms with Crippen LogP contribution in [-0.4, -0.2) is 43.1 Å². The van der Waals surface area contributed by atoms with Crippen LogP contribution in [0.5, 0.6) is 11.6 Å². The minimum Gasteiger partial charge on any atom is -0.489 e. The van der Waals surface area contributed by atoms with E-state index < -0.39 is 19.0 Å². The van der Waals surface area contributed by atoms with Crippen LogP contribution in [0.2, 0.25) is 0 Å². The van der Waals surface area contributed by atoms with E-state index in [4.69, 9.17) is 4.74 Å². The van der Waals surface area contributed by atoms with Gasteiger partial charge in [-0.15, -0.1) is 0 Å². The summed E-state index contributed by atoms with van der Waals surface area (Å²) < 4.78 is 58.6. The van der Waals surface area contributed by atoms with E-state index in [0.29, 0.717) is 0 Å². The van der Waals surface area contributed by atoms with Crippen molar-refractivity contribution in [2.75, 3.05) is 26.1 Å². The number of nitrogens with zero attached hydrogens (tertiary/aromatic N) is 2. The molecule has 102 valence electrons. The van der Waals surface area contributed by atoms with E-state index in [0.717, 1.165) is 6.33 Å². The fraction of sp³-hybridized carbons (Fsp3) is 0.556. The lowest BCUT2D eigenvalue weighted by Crippen LogP contribution is -2.34. The van der Waals surface area contributed by atoms with Crippen molar-refractivity contribution in [2.24, 2.45) is 0 Å². The molecule has 0 aliphatic carbocycles. The summed E-state index contributed by atoms with van der Waals surface area (Å²) in [6, 6.07) is 0. The monoisotopic (exact) mass is 269 g/mol. The van der Waals surface area contributed by atoms with Gasteiger partial charge in [0.15, 0.2) is 12.4 Å². The van der Waals surface area contributed by atoms with Crippen LogP contribution in [0.25, 0.3) is 0 Å². The lowest BCUT2D eigenvalue weighted by molar-refractivity contribution is -0.148. The molecule has 1 rings (SSSR count). The number of methoxy groups -OCH3 is 1. The maximum atomic E-state index is 12.7. The van der Waals surface area contributed by atoms with Gasteiger partial charge < -0.3 is 14.8 Å². The third kappa shape index (κ3) is 3.11. The summed E-state index contributed by atoms with van der Waals surface area (Å²) in [7, 11) is 2.76. The van der Waals surface area contributed by atoms with E-state index in [1.165, 1.54) is 14.2 Å². The number of halogens is 4. The quantitative estimate of drug-likeness (QED) is 0.798. The normalized spacial score (nSPS) is 11.5. The average molecular weight is 269 g/mol. The highest BCUT2D eigenvalue weighted by Crippen LogP contribution is 2.32. The first-order valence-electron chi connectivity index (χ1n) is 4.78. The third-order valence-corrected chi connectivity index (χ3v) is 1.93. The highest BCUT2D eigenvalue weighted by Gasteiger charge is 2.42. The zero-order valence-electron chi connectivity index (χ0n) is 9.58. The van der Waals surface area contributed by atoms with Gasteiger partial charge in [-0.3, -0.25) is 0 Å². The SMILES string of the molecule is CNc1ncnc(OCC(F)(F)C(F)F)c1OC. The Morgan fingerprint density at radius 2 is 2.06 bits per heavy atom. The highest BCUT2D eigenvalue weighted by molar-refractivity contribution is 5.54. The van der Waals surface area contributed by atoms with Crippen LogP contribution in [0.15, 0.2) is 6.33 Å². The van der Waals surface area contributed by atoms with Gasteiger partial charge in [-0.25, -0.2) is 13.8 Å². The molecule has 0 spiro atoms. The van der Waals surface area contributed by atoms with E-state index >= 15 is 0 Å². The fourth-order valence-electron chi connectivity index (χ4n) is 1.05. The second-order valence-corrected chi connectivity index (χ2v) is 3.16. The first-order valence-corrected chi connectivity index (χ1v) is 4.78. The van der Waals surface area contributed by atoms with Gasteiger partial charge in [0, 0.05) is 7.05 Å². The Labute approximate surface area is 100 Å². The molecule has 1 aromatic heterocycles. The number of aromatic nitrogens is 2. The van der Waals surface area contributed by atoms with Gasteiger partial charge in [-0.05, 0) is 0 Å². The summed E-state index contributed by atoms with van der Waals surface area (Å²) in [4.78, 5) is 7.29. The lowest BCUT2D eigenvalue weighted by Gasteiger charge is -2.17. The number of alkyl halides is 4. The van der Waals surface area contributed by atoms with Crippen LogP contribution >= 0.6 is 0 Å². The Morgan fingerprint density at radius 3 is 2.56 bits per heavy atom. The van der Waals surface area contributed by atoms with E-state index in [1.807, 2.05) is 0 Å². The summed E-state index contributed by atoms with van der Waals surface area (Å²) in [5, 5.41) is 2.62. The average Bonchev–Trinajstić information content (AvgIpc) is 2.35. The fourth-order valence-corrected chi connectivity index (χ4v) is 1.05. The topological polar surface area (TPSA) is 56.3 Å². The van der Waals surface area contributed by atoms with Crippen LogP contribution in [0, 0.1) is 0 Å². The predicted octanol–water partition coefficient (Wildman–Crippen LogP) is 1.81. The second kappa shape index (κ2) is 5.69. The highest BCUT2D eigenvalue weighted by atomic mass is 19.3. The lowest BCUT2D eigenvalue weighted by atomic mass is 10.4. The molecule has 0 saturated heterocycles. The molecule has 9 heteroatoms. The molecule has 0 bridgehead atoms. The molecule has 0 aliphatic rings. The number of anilines is 1. The minimum atomic E-state index is -4.25.